The van der Waals surface area contributed by atoms with Gasteiger partial charge in [-0.15, -0.1) is 0 Å². The molecular formula is C16H17N. The van der Waals surface area contributed by atoms with E-state index in [-0.39, 0.29) is 0 Å². The molecule has 0 amide bonds. The van der Waals surface area contributed by atoms with Gasteiger partial charge in [-0.05, 0) is 67.1 Å². The third-order valence-corrected chi connectivity index (χ3v) is 4.01. The van der Waals surface area contributed by atoms with Gasteiger partial charge < -0.3 is 0 Å². The average Bonchev–Trinajstić information content (AvgIpc) is 2.67. The third-order valence-electron chi connectivity index (χ3n) is 4.01. The monoisotopic (exact) mass is 223 g/mol. The van der Waals surface area contributed by atoms with Crippen LogP contribution in [0, 0.1) is 27.7 Å². The Morgan fingerprint density at radius 3 is 2.47 bits per heavy atom. The molecule has 0 bridgehead atoms. The average molecular weight is 223 g/mol. The molecule has 17 heavy (non-hydrogen) atoms. The molecule has 1 aliphatic carbocycles. The van der Waals surface area contributed by atoms with Gasteiger partial charge in [0.15, 0.2) is 0 Å². The van der Waals surface area contributed by atoms with Crippen LogP contribution in [0.15, 0.2) is 18.3 Å². The summed E-state index contributed by atoms with van der Waals surface area (Å²) in [4.78, 5) is 4.55. The summed E-state index contributed by atoms with van der Waals surface area (Å²) in [5, 5.41) is 0. The molecule has 0 saturated heterocycles. The van der Waals surface area contributed by atoms with E-state index in [1.165, 1.54) is 44.6 Å². The fourth-order valence-corrected chi connectivity index (χ4v) is 2.96. The van der Waals surface area contributed by atoms with Crippen LogP contribution in [0.5, 0.6) is 0 Å². The number of aromatic nitrogens is 1. The van der Waals surface area contributed by atoms with Crippen molar-refractivity contribution >= 4 is 0 Å². The molecule has 1 heterocycles. The summed E-state index contributed by atoms with van der Waals surface area (Å²) < 4.78 is 0. The van der Waals surface area contributed by atoms with Crippen LogP contribution >= 0.6 is 0 Å². The first-order valence-corrected chi connectivity index (χ1v) is 6.14. The van der Waals surface area contributed by atoms with Crippen LogP contribution in [0.3, 0.4) is 0 Å². The molecule has 0 saturated carbocycles. The van der Waals surface area contributed by atoms with E-state index < -0.39 is 0 Å². The predicted molar refractivity (Wildman–Crippen MR) is 71.4 cm³/mol. The molecule has 0 unspecified atom stereocenters. The van der Waals surface area contributed by atoms with Crippen molar-refractivity contribution in [1.82, 2.24) is 4.98 Å². The first kappa shape index (κ1) is 10.5. The predicted octanol–water partition coefficient (Wildman–Crippen LogP) is 3.89. The largest absolute Gasteiger partial charge is 0.260 e. The minimum absolute atomic E-state index is 0.999. The SMILES string of the molecule is Cc1cc(C)c2c(c1C)-c1c(C)ccnc1C2. The summed E-state index contributed by atoms with van der Waals surface area (Å²) in [6.45, 7) is 8.83. The highest BCUT2D eigenvalue weighted by Gasteiger charge is 2.25. The topological polar surface area (TPSA) is 12.9 Å². The van der Waals surface area contributed by atoms with Gasteiger partial charge in [0.25, 0.3) is 0 Å². The van der Waals surface area contributed by atoms with E-state index in [9.17, 15) is 0 Å². The van der Waals surface area contributed by atoms with Crippen LogP contribution in [0.1, 0.15) is 33.5 Å². The summed E-state index contributed by atoms with van der Waals surface area (Å²) in [6, 6.07) is 4.42. The number of nitrogens with zero attached hydrogens (tertiary/aromatic N) is 1. The maximum absolute atomic E-state index is 4.55. The van der Waals surface area contributed by atoms with Crippen molar-refractivity contribution in [3.05, 3.63) is 51.8 Å². The van der Waals surface area contributed by atoms with Crippen LogP contribution in [0.4, 0.5) is 0 Å². The van der Waals surface area contributed by atoms with Crippen molar-refractivity contribution in [3.63, 3.8) is 0 Å². The lowest BCUT2D eigenvalue weighted by atomic mass is 9.92. The molecule has 0 fully saturated rings. The maximum atomic E-state index is 4.55. The molecule has 3 rings (SSSR count). The highest BCUT2D eigenvalue weighted by Crippen LogP contribution is 2.42. The summed E-state index contributed by atoms with van der Waals surface area (Å²) in [5.41, 5.74) is 11.1. The summed E-state index contributed by atoms with van der Waals surface area (Å²) in [6.07, 6.45) is 2.93. The van der Waals surface area contributed by atoms with Gasteiger partial charge in [0.1, 0.15) is 0 Å². The summed E-state index contributed by atoms with van der Waals surface area (Å²) in [7, 11) is 0. The quantitative estimate of drug-likeness (QED) is 0.563. The second-order valence-electron chi connectivity index (χ2n) is 5.12. The first-order chi connectivity index (χ1) is 8.09. The summed E-state index contributed by atoms with van der Waals surface area (Å²) >= 11 is 0. The standard InChI is InChI=1S/C16H17N/c1-9-5-6-17-14-8-13-11(3)7-10(2)12(4)16(13)15(9)14/h5-7H,8H2,1-4H3. The lowest BCUT2D eigenvalue weighted by molar-refractivity contribution is 1.10. The highest BCUT2D eigenvalue weighted by atomic mass is 14.7. The van der Waals surface area contributed by atoms with Crippen molar-refractivity contribution < 1.29 is 0 Å². The van der Waals surface area contributed by atoms with Crippen LogP contribution in [0.2, 0.25) is 0 Å². The minimum atomic E-state index is 0.999. The number of rotatable bonds is 0. The molecule has 1 heteroatoms. The molecule has 1 aromatic heterocycles. The Morgan fingerprint density at radius 2 is 1.71 bits per heavy atom. The smallest absolute Gasteiger partial charge is 0.0528 e. The van der Waals surface area contributed by atoms with E-state index in [0.717, 1.165) is 6.42 Å². The minimum Gasteiger partial charge on any atom is -0.260 e. The molecule has 1 nitrogen and oxygen atoms in total. The van der Waals surface area contributed by atoms with E-state index in [0.29, 0.717) is 0 Å². The Hall–Kier alpha value is -1.63. The zero-order valence-electron chi connectivity index (χ0n) is 10.9. The van der Waals surface area contributed by atoms with Gasteiger partial charge in [-0.25, -0.2) is 0 Å². The van der Waals surface area contributed by atoms with Crippen LogP contribution in [0.25, 0.3) is 11.1 Å². The highest BCUT2D eigenvalue weighted by molar-refractivity contribution is 5.82. The van der Waals surface area contributed by atoms with E-state index in [1.54, 1.807) is 0 Å². The summed E-state index contributed by atoms with van der Waals surface area (Å²) in [5.74, 6) is 0. The maximum Gasteiger partial charge on any atom is 0.0528 e. The van der Waals surface area contributed by atoms with Crippen LogP contribution in [-0.2, 0) is 6.42 Å². The fourth-order valence-electron chi connectivity index (χ4n) is 2.96. The number of fused-ring (bicyclic) bond motifs is 3. The Morgan fingerprint density at radius 1 is 0.941 bits per heavy atom. The first-order valence-electron chi connectivity index (χ1n) is 6.14. The van der Waals surface area contributed by atoms with Crippen molar-refractivity contribution in [2.24, 2.45) is 0 Å². The zero-order valence-corrected chi connectivity index (χ0v) is 10.9. The molecule has 1 aliphatic rings. The number of hydrogen-bond acceptors (Lipinski definition) is 1. The van der Waals surface area contributed by atoms with E-state index >= 15 is 0 Å². The van der Waals surface area contributed by atoms with Crippen molar-refractivity contribution in [3.8, 4) is 11.1 Å². The van der Waals surface area contributed by atoms with Gasteiger partial charge in [0, 0.05) is 18.2 Å². The number of aryl methyl sites for hydroxylation is 3. The van der Waals surface area contributed by atoms with Crippen LogP contribution in [-0.4, -0.2) is 4.98 Å². The van der Waals surface area contributed by atoms with Crippen molar-refractivity contribution in [2.45, 2.75) is 34.1 Å². The molecule has 86 valence electrons. The van der Waals surface area contributed by atoms with E-state index in [4.69, 9.17) is 0 Å². The fraction of sp³-hybridized carbons (Fsp3) is 0.312. The number of benzene rings is 1. The normalized spacial score (nSPS) is 12.5. The van der Waals surface area contributed by atoms with Gasteiger partial charge in [-0.1, -0.05) is 6.07 Å². The molecule has 1 aromatic carbocycles. The number of hydrogen-bond donors (Lipinski definition) is 0. The second-order valence-corrected chi connectivity index (χ2v) is 5.12. The molecule has 0 radical (unpaired) electrons. The molecule has 0 aliphatic heterocycles. The molecular weight excluding hydrogens is 206 g/mol. The Labute approximate surface area is 103 Å². The van der Waals surface area contributed by atoms with Crippen molar-refractivity contribution in [1.29, 1.82) is 0 Å². The molecule has 0 N–H and O–H groups in total. The van der Waals surface area contributed by atoms with Gasteiger partial charge in [0.2, 0.25) is 0 Å². The lowest BCUT2D eigenvalue weighted by Gasteiger charge is -2.12. The van der Waals surface area contributed by atoms with E-state index in [1.807, 2.05) is 6.20 Å². The van der Waals surface area contributed by atoms with Crippen molar-refractivity contribution in [2.75, 3.05) is 0 Å². The van der Waals surface area contributed by atoms with E-state index in [2.05, 4.69) is 44.8 Å². The molecule has 0 spiro atoms. The van der Waals surface area contributed by atoms with Gasteiger partial charge in [0.05, 0.1) is 5.69 Å². The van der Waals surface area contributed by atoms with Gasteiger partial charge in [-0.3, -0.25) is 4.98 Å². The molecule has 2 aromatic rings. The Kier molecular flexibility index (Phi) is 2.12. The van der Waals surface area contributed by atoms with Gasteiger partial charge in [-0.2, -0.15) is 0 Å². The van der Waals surface area contributed by atoms with Gasteiger partial charge >= 0.3 is 0 Å². The van der Waals surface area contributed by atoms with Crippen LogP contribution < -0.4 is 0 Å². The zero-order chi connectivity index (χ0) is 12.2. The third kappa shape index (κ3) is 1.35. The number of pyridine rings is 1. The Balaban J connectivity index is 2.42. The lowest BCUT2D eigenvalue weighted by Crippen LogP contribution is -1.93. The second kappa shape index (κ2) is 3.43. The Bertz CT molecular complexity index is 624. The molecule has 0 atom stereocenters.